The Bertz CT molecular complexity index is 1980. The summed E-state index contributed by atoms with van der Waals surface area (Å²) in [6.45, 7) is 6.38. The number of fused-ring (bicyclic) bond motifs is 1. The van der Waals surface area contributed by atoms with Crippen molar-refractivity contribution >= 4 is 47.0 Å². The minimum Gasteiger partial charge on any atom is -0.478 e. The third kappa shape index (κ3) is 10.2. The Hall–Kier alpha value is -6.09. The molecule has 3 aromatic carbocycles. The number of nitrogens with zero attached hydrogens (tertiary/aromatic N) is 2. The number of halogens is 1. The number of anilines is 2. The van der Waals surface area contributed by atoms with Crippen LogP contribution in [0.15, 0.2) is 78.4 Å². The lowest BCUT2D eigenvalue weighted by atomic mass is 9.86. The number of hydrogen-bond acceptors (Lipinski definition) is 10. The number of carbonyl (C=O) groups excluding carboxylic acids is 5. The lowest BCUT2D eigenvalue weighted by molar-refractivity contribution is -0.132. The summed E-state index contributed by atoms with van der Waals surface area (Å²) < 4.78 is 26.0. The average molecular weight is 772 g/mol. The number of aliphatic carboxylic acids is 1. The molecule has 1 aliphatic carbocycles. The van der Waals surface area contributed by atoms with Gasteiger partial charge in [0.2, 0.25) is 11.7 Å². The second kappa shape index (κ2) is 18.5. The number of nitrogens with one attached hydrogen (secondary N) is 3. The van der Waals surface area contributed by atoms with Gasteiger partial charge in [0, 0.05) is 49.8 Å². The highest BCUT2D eigenvalue weighted by Crippen LogP contribution is 2.34. The van der Waals surface area contributed by atoms with Gasteiger partial charge in [0.25, 0.3) is 0 Å². The van der Waals surface area contributed by atoms with E-state index in [0.29, 0.717) is 29.9 Å². The van der Waals surface area contributed by atoms with Crippen molar-refractivity contribution in [3.8, 4) is 0 Å². The Morgan fingerprint density at radius 3 is 2.16 bits per heavy atom. The number of carboxylic acid groups (broad SMARTS) is 1. The SMILES string of the molecule is CNC1C=C(C(=O)O)C(=O)c2cc(F)c(N3CCN(C(=O)OCc4ccc(NC(=O)[C@@H](C)CC(=O)[C@H](NC(=O)OCc5ccccc5)C(C)C)cc4)CC3)cc21. The van der Waals surface area contributed by atoms with Gasteiger partial charge in [-0.05, 0) is 60.0 Å². The Morgan fingerprint density at radius 1 is 0.893 bits per heavy atom. The zero-order valence-electron chi connectivity index (χ0n) is 31.7. The number of piperazine rings is 1. The molecule has 1 unspecified atom stereocenters. The molecule has 0 spiro atoms. The van der Waals surface area contributed by atoms with Crippen LogP contribution in [0.25, 0.3) is 0 Å². The predicted molar refractivity (Wildman–Crippen MR) is 204 cm³/mol. The summed E-state index contributed by atoms with van der Waals surface area (Å²) in [6, 6.07) is 17.1. The van der Waals surface area contributed by atoms with Crippen LogP contribution < -0.4 is 20.9 Å². The molecule has 56 heavy (non-hydrogen) atoms. The Kier molecular flexibility index (Phi) is 13.6. The molecule has 1 fully saturated rings. The smallest absolute Gasteiger partial charge is 0.410 e. The molecule has 14 nitrogen and oxygen atoms in total. The van der Waals surface area contributed by atoms with Gasteiger partial charge in [0.1, 0.15) is 24.6 Å². The first-order chi connectivity index (χ1) is 26.7. The molecule has 5 rings (SSSR count). The number of ether oxygens (including phenoxy) is 2. The van der Waals surface area contributed by atoms with E-state index >= 15 is 4.39 Å². The van der Waals surface area contributed by atoms with Crippen LogP contribution in [0.4, 0.5) is 25.4 Å². The minimum absolute atomic E-state index is 0.00524. The molecule has 0 aromatic heterocycles. The van der Waals surface area contributed by atoms with Gasteiger partial charge < -0.3 is 40.3 Å². The number of hydrogen-bond donors (Lipinski definition) is 4. The van der Waals surface area contributed by atoms with Crippen molar-refractivity contribution in [2.24, 2.45) is 11.8 Å². The Labute approximate surface area is 324 Å². The van der Waals surface area contributed by atoms with Crippen LogP contribution in [-0.4, -0.2) is 84.9 Å². The second-order valence-corrected chi connectivity index (χ2v) is 14.1. The number of amides is 3. The summed E-state index contributed by atoms with van der Waals surface area (Å²) in [5.74, 6) is -4.37. The molecule has 1 aliphatic heterocycles. The average Bonchev–Trinajstić information content (AvgIpc) is 3.19. The number of ketones is 2. The Morgan fingerprint density at radius 2 is 1.54 bits per heavy atom. The number of rotatable bonds is 14. The Balaban J connectivity index is 1.06. The van der Waals surface area contributed by atoms with Crippen molar-refractivity contribution in [2.75, 3.05) is 43.4 Å². The lowest BCUT2D eigenvalue weighted by Crippen LogP contribution is -2.49. The molecule has 0 bridgehead atoms. The van der Waals surface area contributed by atoms with E-state index < -0.39 is 53.3 Å². The quantitative estimate of drug-likeness (QED) is 0.157. The normalized spacial score (nSPS) is 16.3. The molecule has 0 saturated carbocycles. The van der Waals surface area contributed by atoms with Crippen molar-refractivity contribution in [2.45, 2.75) is 52.5 Å². The molecule has 3 amide bonds. The van der Waals surface area contributed by atoms with Gasteiger partial charge in [-0.2, -0.15) is 0 Å². The third-order valence-corrected chi connectivity index (χ3v) is 9.73. The van der Waals surface area contributed by atoms with Crippen molar-refractivity contribution < 1.29 is 47.7 Å². The fourth-order valence-electron chi connectivity index (χ4n) is 6.51. The maximum Gasteiger partial charge on any atom is 0.410 e. The van der Waals surface area contributed by atoms with Crippen LogP contribution >= 0.6 is 0 Å². The molecule has 15 heteroatoms. The zero-order valence-corrected chi connectivity index (χ0v) is 31.7. The maximum atomic E-state index is 15.3. The van der Waals surface area contributed by atoms with E-state index in [1.54, 1.807) is 63.1 Å². The molecule has 2 aliphatic rings. The minimum atomic E-state index is -1.38. The van der Waals surface area contributed by atoms with Gasteiger partial charge in [-0.1, -0.05) is 63.2 Å². The number of benzene rings is 3. The van der Waals surface area contributed by atoms with Crippen molar-refractivity contribution in [3.05, 3.63) is 106 Å². The van der Waals surface area contributed by atoms with Gasteiger partial charge in [-0.25, -0.2) is 18.8 Å². The maximum absolute atomic E-state index is 15.3. The monoisotopic (exact) mass is 771 g/mol. The van der Waals surface area contributed by atoms with Crippen molar-refractivity contribution in [3.63, 3.8) is 0 Å². The molecule has 3 aromatic rings. The largest absolute Gasteiger partial charge is 0.478 e. The van der Waals surface area contributed by atoms with E-state index in [4.69, 9.17) is 9.47 Å². The summed E-state index contributed by atoms with van der Waals surface area (Å²) in [5.41, 5.74) is 2.27. The molecular weight excluding hydrogens is 725 g/mol. The van der Waals surface area contributed by atoms with E-state index in [1.165, 1.54) is 11.0 Å². The molecule has 0 radical (unpaired) electrons. The highest BCUT2D eigenvalue weighted by atomic mass is 19.1. The number of alkyl carbamates (subject to hydrolysis) is 1. The van der Waals surface area contributed by atoms with Gasteiger partial charge in [0.15, 0.2) is 5.78 Å². The van der Waals surface area contributed by atoms with Gasteiger partial charge >= 0.3 is 18.2 Å². The summed E-state index contributed by atoms with van der Waals surface area (Å²) in [7, 11) is 1.62. The second-order valence-electron chi connectivity index (χ2n) is 14.1. The molecule has 1 heterocycles. The van der Waals surface area contributed by atoms with Crippen LogP contribution in [0.2, 0.25) is 0 Å². The van der Waals surface area contributed by atoms with Crippen molar-refractivity contribution in [1.29, 1.82) is 0 Å². The standard InChI is InChI=1S/C41H46FN5O9/c1-24(2)36(45-40(53)55-22-26-8-6-5-7-9-26)35(48)18-25(3)38(50)44-28-12-10-27(11-13-28)23-56-41(54)47-16-14-46(15-17-47)34-21-29-30(19-32(34)42)37(49)31(39(51)52)20-33(29)43-4/h5-13,19-21,24-25,33,36,43H,14-18,22-23H2,1-4H3,(H,44,50)(H,45,53)(H,51,52)/t25-,33?,36+/m0/s1. The van der Waals surface area contributed by atoms with Gasteiger partial charge in [0.05, 0.1) is 17.8 Å². The highest BCUT2D eigenvalue weighted by molar-refractivity contribution is 6.25. The van der Waals surface area contributed by atoms with Crippen LogP contribution in [0, 0.1) is 17.7 Å². The first-order valence-corrected chi connectivity index (χ1v) is 18.3. The predicted octanol–water partition coefficient (Wildman–Crippen LogP) is 5.24. The van der Waals surface area contributed by atoms with Crippen LogP contribution in [0.1, 0.15) is 60.3 Å². The van der Waals surface area contributed by atoms with Crippen LogP contribution in [-0.2, 0) is 37.1 Å². The number of Topliss-reactive ketones (excluding diaryl/α,β-unsaturated/α-hetero) is 2. The number of carboxylic acids is 1. The van der Waals surface area contributed by atoms with E-state index in [1.807, 2.05) is 30.3 Å². The summed E-state index contributed by atoms with van der Waals surface area (Å²) >= 11 is 0. The topological polar surface area (TPSA) is 184 Å². The fourth-order valence-corrected chi connectivity index (χ4v) is 6.51. The molecule has 3 atom stereocenters. The summed E-state index contributed by atoms with van der Waals surface area (Å²) in [5, 5.41) is 17.8. The first kappa shape index (κ1) is 41.1. The molecular formula is C41H46FN5O9. The highest BCUT2D eigenvalue weighted by Gasteiger charge is 2.33. The van der Waals surface area contributed by atoms with Crippen LogP contribution in [0.5, 0.6) is 0 Å². The first-order valence-electron chi connectivity index (χ1n) is 18.3. The van der Waals surface area contributed by atoms with E-state index in [-0.39, 0.29) is 61.6 Å². The fraction of sp³-hybridized carbons (Fsp3) is 0.366. The van der Waals surface area contributed by atoms with Crippen LogP contribution in [0.3, 0.4) is 0 Å². The molecule has 1 saturated heterocycles. The third-order valence-electron chi connectivity index (χ3n) is 9.73. The zero-order chi connectivity index (χ0) is 40.5. The number of carbonyl (C=O) groups is 6. The van der Waals surface area contributed by atoms with E-state index in [9.17, 15) is 33.9 Å². The summed E-state index contributed by atoms with van der Waals surface area (Å²) in [4.78, 5) is 78.9. The van der Waals surface area contributed by atoms with Crippen molar-refractivity contribution in [1.82, 2.24) is 15.5 Å². The van der Waals surface area contributed by atoms with E-state index in [0.717, 1.165) is 11.6 Å². The summed E-state index contributed by atoms with van der Waals surface area (Å²) in [6.07, 6.45) is -0.0384. The lowest BCUT2D eigenvalue weighted by Gasteiger charge is -2.36. The van der Waals surface area contributed by atoms with Gasteiger partial charge in [-0.15, -0.1) is 0 Å². The van der Waals surface area contributed by atoms with E-state index in [2.05, 4.69) is 16.0 Å². The number of likely N-dealkylation sites (N-methyl/N-ethyl adjacent to an activating group) is 1. The molecule has 4 N–H and O–H groups in total. The molecule has 296 valence electrons. The van der Waals surface area contributed by atoms with Gasteiger partial charge in [-0.3, -0.25) is 14.4 Å².